The van der Waals surface area contributed by atoms with Crippen molar-refractivity contribution in [1.29, 1.82) is 0 Å². The quantitative estimate of drug-likeness (QED) is 0.829. The monoisotopic (exact) mass is 266 g/mol. The van der Waals surface area contributed by atoms with Gasteiger partial charge < -0.3 is 4.90 Å². The second-order valence-electron chi connectivity index (χ2n) is 5.42. The van der Waals surface area contributed by atoms with Crippen LogP contribution in [0.25, 0.3) is 0 Å². The fourth-order valence-electron chi connectivity index (χ4n) is 2.72. The molecular weight excluding hydrogens is 244 g/mol. The van der Waals surface area contributed by atoms with Gasteiger partial charge >= 0.3 is 0 Å². The summed E-state index contributed by atoms with van der Waals surface area (Å²) in [5.74, 6) is 0. The highest BCUT2D eigenvalue weighted by Crippen LogP contribution is 2.33. The number of piperazine rings is 1. The van der Waals surface area contributed by atoms with Gasteiger partial charge in [-0.25, -0.2) is 0 Å². The van der Waals surface area contributed by atoms with Gasteiger partial charge in [-0.05, 0) is 38.1 Å². The molecule has 1 atom stereocenters. The Kier molecular flexibility index (Phi) is 4.31. The summed E-state index contributed by atoms with van der Waals surface area (Å²) in [6.45, 7) is 9.22. The summed E-state index contributed by atoms with van der Waals surface area (Å²) in [6.07, 6.45) is 1.12. The van der Waals surface area contributed by atoms with Crippen LogP contribution in [0, 0.1) is 0 Å². The lowest BCUT2D eigenvalue weighted by molar-refractivity contribution is 0.0458. The minimum atomic E-state index is 0.131. The van der Waals surface area contributed by atoms with Crippen LogP contribution in [0.5, 0.6) is 0 Å². The smallest absolute Gasteiger partial charge is 0.0431 e. The molecule has 1 heterocycles. The van der Waals surface area contributed by atoms with Gasteiger partial charge in [-0.2, -0.15) is 0 Å². The first-order valence-electron chi connectivity index (χ1n) is 6.76. The van der Waals surface area contributed by atoms with Crippen molar-refractivity contribution in [3.8, 4) is 0 Å². The summed E-state index contributed by atoms with van der Waals surface area (Å²) >= 11 is 5.99. The number of nitrogens with zero attached hydrogens (tertiary/aromatic N) is 2. The average molecular weight is 267 g/mol. The first-order valence-corrected chi connectivity index (χ1v) is 7.13. The first kappa shape index (κ1) is 13.9. The second-order valence-corrected chi connectivity index (χ2v) is 5.86. The molecule has 1 aliphatic heterocycles. The van der Waals surface area contributed by atoms with Crippen LogP contribution in [0.4, 0.5) is 0 Å². The molecule has 0 radical (unpaired) electrons. The Bertz CT molecular complexity index is 382. The molecule has 0 spiro atoms. The molecule has 1 aromatic rings. The highest BCUT2D eigenvalue weighted by atomic mass is 35.5. The molecule has 0 saturated carbocycles. The predicted molar refractivity (Wildman–Crippen MR) is 78.2 cm³/mol. The Morgan fingerprint density at radius 2 is 1.67 bits per heavy atom. The molecule has 0 bridgehead atoms. The molecule has 0 amide bonds. The number of halogens is 1. The van der Waals surface area contributed by atoms with E-state index in [2.05, 4.69) is 42.8 Å². The normalized spacial score (nSPS) is 21.8. The molecule has 0 N–H and O–H groups in total. The Hall–Kier alpha value is -0.570. The Morgan fingerprint density at radius 3 is 2.17 bits per heavy atom. The molecule has 2 nitrogen and oxygen atoms in total. The summed E-state index contributed by atoms with van der Waals surface area (Å²) in [6, 6.07) is 8.34. The molecule has 1 fully saturated rings. The number of likely N-dealkylation sites (N-methyl/N-ethyl adjacent to an activating group) is 1. The lowest BCUT2D eigenvalue weighted by atomic mass is 9.87. The largest absolute Gasteiger partial charge is 0.304 e. The van der Waals surface area contributed by atoms with Crippen LogP contribution in [0.1, 0.15) is 25.8 Å². The van der Waals surface area contributed by atoms with E-state index in [4.69, 9.17) is 11.6 Å². The maximum atomic E-state index is 5.99. The first-order chi connectivity index (χ1) is 8.56. The van der Waals surface area contributed by atoms with Gasteiger partial charge in [-0.3, -0.25) is 4.90 Å². The lowest BCUT2D eigenvalue weighted by Gasteiger charge is -2.45. The average Bonchev–Trinajstić information content (AvgIpc) is 2.39. The Morgan fingerprint density at radius 1 is 1.11 bits per heavy atom. The van der Waals surface area contributed by atoms with Crippen LogP contribution in [-0.2, 0) is 5.54 Å². The predicted octanol–water partition coefficient (Wildman–Crippen LogP) is 3.21. The third-order valence-corrected chi connectivity index (χ3v) is 4.61. The zero-order valence-corrected chi connectivity index (χ0v) is 12.4. The summed E-state index contributed by atoms with van der Waals surface area (Å²) < 4.78 is 0. The van der Waals surface area contributed by atoms with Gasteiger partial charge in [0.2, 0.25) is 0 Å². The van der Waals surface area contributed by atoms with Crippen molar-refractivity contribution in [3.63, 3.8) is 0 Å². The van der Waals surface area contributed by atoms with E-state index < -0.39 is 0 Å². The molecule has 1 unspecified atom stereocenters. The van der Waals surface area contributed by atoms with Crippen LogP contribution >= 0.6 is 11.6 Å². The van der Waals surface area contributed by atoms with E-state index in [1.807, 2.05) is 12.1 Å². The van der Waals surface area contributed by atoms with Gasteiger partial charge in [0.1, 0.15) is 0 Å². The van der Waals surface area contributed by atoms with E-state index in [0.29, 0.717) is 0 Å². The van der Waals surface area contributed by atoms with Crippen LogP contribution < -0.4 is 0 Å². The van der Waals surface area contributed by atoms with Crippen molar-refractivity contribution in [2.45, 2.75) is 25.8 Å². The summed E-state index contributed by atoms with van der Waals surface area (Å²) in [5, 5.41) is 0.815. The lowest BCUT2D eigenvalue weighted by Crippen LogP contribution is -2.53. The molecule has 3 heteroatoms. The van der Waals surface area contributed by atoms with Gasteiger partial charge in [-0.1, -0.05) is 30.7 Å². The van der Waals surface area contributed by atoms with E-state index >= 15 is 0 Å². The van der Waals surface area contributed by atoms with Crippen molar-refractivity contribution in [1.82, 2.24) is 9.80 Å². The fraction of sp³-hybridized carbons (Fsp3) is 0.600. The summed E-state index contributed by atoms with van der Waals surface area (Å²) in [4.78, 5) is 5.00. The topological polar surface area (TPSA) is 6.48 Å². The molecule has 18 heavy (non-hydrogen) atoms. The molecule has 1 saturated heterocycles. The third kappa shape index (κ3) is 2.71. The van der Waals surface area contributed by atoms with E-state index in [1.165, 1.54) is 5.56 Å². The number of rotatable bonds is 3. The van der Waals surface area contributed by atoms with Crippen LogP contribution in [0.15, 0.2) is 24.3 Å². The van der Waals surface area contributed by atoms with E-state index in [1.54, 1.807) is 0 Å². The van der Waals surface area contributed by atoms with Crippen molar-refractivity contribution in [3.05, 3.63) is 34.9 Å². The number of hydrogen-bond donors (Lipinski definition) is 0. The Balaban J connectivity index is 2.21. The van der Waals surface area contributed by atoms with Crippen LogP contribution in [-0.4, -0.2) is 43.0 Å². The highest BCUT2D eigenvalue weighted by molar-refractivity contribution is 6.30. The Labute approximate surface area is 116 Å². The van der Waals surface area contributed by atoms with Gasteiger partial charge in [-0.15, -0.1) is 0 Å². The molecule has 0 aliphatic carbocycles. The number of hydrogen-bond acceptors (Lipinski definition) is 2. The minimum Gasteiger partial charge on any atom is -0.304 e. The van der Waals surface area contributed by atoms with Crippen molar-refractivity contribution >= 4 is 11.6 Å². The maximum absolute atomic E-state index is 5.99. The SMILES string of the molecule is CCC(C)(c1ccc(Cl)cc1)N1CCN(C)CC1. The molecule has 1 aromatic carbocycles. The van der Waals surface area contributed by atoms with Crippen LogP contribution in [0.2, 0.25) is 5.02 Å². The maximum Gasteiger partial charge on any atom is 0.0431 e. The van der Waals surface area contributed by atoms with Crippen LogP contribution in [0.3, 0.4) is 0 Å². The molecule has 1 aliphatic rings. The van der Waals surface area contributed by atoms with E-state index in [0.717, 1.165) is 37.6 Å². The van der Waals surface area contributed by atoms with Crippen molar-refractivity contribution in [2.24, 2.45) is 0 Å². The molecule has 0 aromatic heterocycles. The van der Waals surface area contributed by atoms with Crippen molar-refractivity contribution < 1.29 is 0 Å². The standard InChI is InChI=1S/C15H23ClN2/c1-4-15(2,13-5-7-14(16)8-6-13)18-11-9-17(3)10-12-18/h5-8H,4,9-12H2,1-3H3. The summed E-state index contributed by atoms with van der Waals surface area (Å²) in [7, 11) is 2.20. The minimum absolute atomic E-state index is 0.131. The van der Waals surface area contributed by atoms with E-state index in [9.17, 15) is 0 Å². The third-order valence-electron chi connectivity index (χ3n) is 4.36. The van der Waals surface area contributed by atoms with E-state index in [-0.39, 0.29) is 5.54 Å². The van der Waals surface area contributed by atoms with Crippen molar-refractivity contribution in [2.75, 3.05) is 33.2 Å². The highest BCUT2D eigenvalue weighted by Gasteiger charge is 2.33. The second kappa shape index (κ2) is 5.60. The zero-order valence-electron chi connectivity index (χ0n) is 11.6. The van der Waals surface area contributed by atoms with Gasteiger partial charge in [0.15, 0.2) is 0 Å². The number of benzene rings is 1. The summed E-state index contributed by atoms with van der Waals surface area (Å²) in [5.41, 5.74) is 1.50. The zero-order chi connectivity index (χ0) is 13.2. The molecule has 2 rings (SSSR count). The van der Waals surface area contributed by atoms with Gasteiger partial charge in [0, 0.05) is 36.7 Å². The molecule has 100 valence electrons. The van der Waals surface area contributed by atoms with Gasteiger partial charge in [0.25, 0.3) is 0 Å². The van der Waals surface area contributed by atoms with Gasteiger partial charge in [0.05, 0.1) is 0 Å². The fourth-order valence-corrected chi connectivity index (χ4v) is 2.85. The molecular formula is C15H23ClN2.